The fourth-order valence-electron chi connectivity index (χ4n) is 0.872. The van der Waals surface area contributed by atoms with Crippen molar-refractivity contribution in [3.05, 3.63) is 42.0 Å². The number of carbonyl (C=O) groups excluding carboxylic acids is 1. The molecule has 0 aliphatic heterocycles. The van der Waals surface area contributed by atoms with Gasteiger partial charge >= 0.3 is 0 Å². The molecule has 0 amide bonds. The van der Waals surface area contributed by atoms with Crippen LogP contribution in [0.5, 0.6) is 5.75 Å². The molecule has 1 aromatic carbocycles. The van der Waals surface area contributed by atoms with E-state index < -0.39 is 5.78 Å². The van der Waals surface area contributed by atoms with Gasteiger partial charge in [-0.3, -0.25) is 4.79 Å². The molecule has 3 nitrogen and oxygen atoms in total. The minimum absolute atomic E-state index is 0.00316. The highest BCUT2D eigenvalue weighted by Crippen LogP contribution is 2.13. The number of aromatic hydroxyl groups is 1. The van der Waals surface area contributed by atoms with E-state index >= 15 is 0 Å². The van der Waals surface area contributed by atoms with Crippen LogP contribution in [0.3, 0.4) is 0 Å². The molecule has 0 saturated heterocycles. The summed E-state index contributed by atoms with van der Waals surface area (Å²) in [7, 11) is 0. The van der Waals surface area contributed by atoms with Crippen molar-refractivity contribution in [2.24, 2.45) is 0 Å². The standard InChI is InChI=1S/C10H7NO2/c1-7(6-11)10(13)8-3-2-4-9(12)5-8/h2-5,12H,1H2. The Morgan fingerprint density at radius 2 is 2.23 bits per heavy atom. The van der Waals surface area contributed by atoms with Gasteiger partial charge in [0.1, 0.15) is 11.8 Å². The summed E-state index contributed by atoms with van der Waals surface area (Å²) < 4.78 is 0. The number of Topliss-reactive ketones (excluding diaryl/α,β-unsaturated/α-hetero) is 1. The van der Waals surface area contributed by atoms with Crippen molar-refractivity contribution in [2.75, 3.05) is 0 Å². The van der Waals surface area contributed by atoms with Gasteiger partial charge in [0.2, 0.25) is 5.78 Å². The van der Waals surface area contributed by atoms with Gasteiger partial charge in [0.15, 0.2) is 0 Å². The minimum atomic E-state index is -0.460. The van der Waals surface area contributed by atoms with Gasteiger partial charge in [-0.2, -0.15) is 5.26 Å². The molecule has 0 spiro atoms. The zero-order valence-electron chi connectivity index (χ0n) is 6.82. The van der Waals surface area contributed by atoms with E-state index in [2.05, 4.69) is 6.58 Å². The molecule has 13 heavy (non-hydrogen) atoms. The molecule has 0 aromatic heterocycles. The number of allylic oxidation sites excluding steroid dienone is 1. The van der Waals surface area contributed by atoms with Crippen LogP contribution >= 0.6 is 0 Å². The number of rotatable bonds is 2. The van der Waals surface area contributed by atoms with Gasteiger partial charge in [-0.25, -0.2) is 0 Å². The Balaban J connectivity index is 3.04. The summed E-state index contributed by atoms with van der Waals surface area (Å²) in [5.41, 5.74) is 0.136. The Morgan fingerprint density at radius 1 is 1.54 bits per heavy atom. The van der Waals surface area contributed by atoms with Crippen molar-refractivity contribution in [3.8, 4) is 11.8 Å². The topological polar surface area (TPSA) is 61.1 Å². The van der Waals surface area contributed by atoms with Crippen molar-refractivity contribution in [2.45, 2.75) is 0 Å². The van der Waals surface area contributed by atoms with E-state index in [4.69, 9.17) is 10.4 Å². The molecule has 0 atom stereocenters. The molecule has 3 heteroatoms. The fraction of sp³-hybridized carbons (Fsp3) is 0. The number of benzene rings is 1. The van der Waals surface area contributed by atoms with Crippen molar-refractivity contribution < 1.29 is 9.90 Å². The number of phenolic OH excluding ortho intramolecular Hbond substituents is 1. The number of carbonyl (C=O) groups is 1. The van der Waals surface area contributed by atoms with E-state index in [9.17, 15) is 4.79 Å². The lowest BCUT2D eigenvalue weighted by Crippen LogP contribution is -1.99. The highest BCUT2D eigenvalue weighted by molar-refractivity contribution is 6.10. The summed E-state index contributed by atoms with van der Waals surface area (Å²) >= 11 is 0. The van der Waals surface area contributed by atoms with E-state index in [0.29, 0.717) is 0 Å². The van der Waals surface area contributed by atoms with Crippen molar-refractivity contribution >= 4 is 5.78 Å². The molecule has 1 rings (SSSR count). The van der Waals surface area contributed by atoms with Crippen molar-refractivity contribution in [3.63, 3.8) is 0 Å². The molecule has 1 N–H and O–H groups in total. The first-order valence-electron chi connectivity index (χ1n) is 3.58. The second-order valence-electron chi connectivity index (χ2n) is 2.47. The van der Waals surface area contributed by atoms with Crippen molar-refractivity contribution in [1.29, 1.82) is 5.26 Å². The maximum Gasteiger partial charge on any atom is 0.203 e. The van der Waals surface area contributed by atoms with E-state index in [1.54, 1.807) is 6.07 Å². The zero-order chi connectivity index (χ0) is 9.84. The third-order valence-electron chi connectivity index (χ3n) is 1.52. The summed E-state index contributed by atoms with van der Waals surface area (Å²) in [6.07, 6.45) is 0. The number of nitrogens with zero attached hydrogens (tertiary/aromatic N) is 1. The molecule has 0 aliphatic carbocycles. The normalized spacial score (nSPS) is 8.85. The fourth-order valence-corrected chi connectivity index (χ4v) is 0.872. The van der Waals surface area contributed by atoms with Gasteiger partial charge in [0.05, 0.1) is 5.57 Å². The van der Waals surface area contributed by atoms with E-state index in [0.717, 1.165) is 0 Å². The lowest BCUT2D eigenvalue weighted by molar-refractivity contribution is 0.103. The molecule has 0 saturated carbocycles. The van der Waals surface area contributed by atoms with Crippen LogP contribution in [0.15, 0.2) is 36.4 Å². The molecule has 0 radical (unpaired) electrons. The highest BCUT2D eigenvalue weighted by Gasteiger charge is 2.09. The molecule has 0 heterocycles. The SMILES string of the molecule is C=C(C#N)C(=O)c1cccc(O)c1. The van der Waals surface area contributed by atoms with Crippen LogP contribution in [-0.4, -0.2) is 10.9 Å². The van der Waals surface area contributed by atoms with Gasteiger partial charge in [-0.1, -0.05) is 18.7 Å². The quantitative estimate of drug-likeness (QED) is 0.420. The lowest BCUT2D eigenvalue weighted by atomic mass is 10.1. The van der Waals surface area contributed by atoms with Gasteiger partial charge in [0, 0.05) is 5.56 Å². The second kappa shape index (κ2) is 3.55. The molecular weight excluding hydrogens is 166 g/mol. The first-order chi connectivity index (χ1) is 6.15. The number of nitriles is 1. The molecule has 0 aliphatic rings. The van der Waals surface area contributed by atoms with E-state index in [1.807, 2.05) is 0 Å². The average Bonchev–Trinajstić information content (AvgIpc) is 2.15. The lowest BCUT2D eigenvalue weighted by Gasteiger charge is -1.97. The summed E-state index contributed by atoms with van der Waals surface area (Å²) in [6, 6.07) is 7.46. The number of hydrogen-bond donors (Lipinski definition) is 1. The van der Waals surface area contributed by atoms with Gasteiger partial charge in [-0.15, -0.1) is 0 Å². The van der Waals surface area contributed by atoms with Gasteiger partial charge < -0.3 is 5.11 Å². The second-order valence-corrected chi connectivity index (χ2v) is 2.47. The monoisotopic (exact) mass is 173 g/mol. The predicted molar refractivity (Wildman–Crippen MR) is 47.2 cm³/mol. The third-order valence-corrected chi connectivity index (χ3v) is 1.52. The van der Waals surface area contributed by atoms with Crippen LogP contribution in [-0.2, 0) is 0 Å². The Bertz CT molecular complexity index is 402. The molecule has 64 valence electrons. The number of ketones is 1. The van der Waals surface area contributed by atoms with E-state index in [1.165, 1.54) is 24.3 Å². The van der Waals surface area contributed by atoms with E-state index in [-0.39, 0.29) is 16.9 Å². The molecule has 1 aromatic rings. The molecule has 0 bridgehead atoms. The number of phenols is 1. The molecule has 0 unspecified atom stereocenters. The van der Waals surface area contributed by atoms with Gasteiger partial charge in [0.25, 0.3) is 0 Å². The predicted octanol–water partition coefficient (Wildman–Crippen LogP) is 1.65. The van der Waals surface area contributed by atoms with Crippen LogP contribution in [0.1, 0.15) is 10.4 Å². The average molecular weight is 173 g/mol. The Morgan fingerprint density at radius 3 is 2.77 bits per heavy atom. The Labute approximate surface area is 75.5 Å². The van der Waals surface area contributed by atoms with Crippen LogP contribution in [0.2, 0.25) is 0 Å². The summed E-state index contributed by atoms with van der Waals surface area (Å²) in [6.45, 7) is 3.29. The zero-order valence-corrected chi connectivity index (χ0v) is 6.82. The maximum atomic E-state index is 11.3. The largest absolute Gasteiger partial charge is 0.508 e. The summed E-state index contributed by atoms with van der Waals surface area (Å²) in [5, 5.41) is 17.5. The van der Waals surface area contributed by atoms with Crippen molar-refractivity contribution in [1.82, 2.24) is 0 Å². The third kappa shape index (κ3) is 1.94. The Kier molecular flexibility index (Phi) is 2.46. The minimum Gasteiger partial charge on any atom is -0.508 e. The highest BCUT2D eigenvalue weighted by atomic mass is 16.3. The first-order valence-corrected chi connectivity index (χ1v) is 3.58. The maximum absolute atomic E-state index is 11.3. The van der Waals surface area contributed by atoms with Crippen LogP contribution < -0.4 is 0 Å². The summed E-state index contributed by atoms with van der Waals surface area (Å²) in [5.74, 6) is -0.463. The summed E-state index contributed by atoms with van der Waals surface area (Å²) in [4.78, 5) is 11.3. The molecular formula is C10H7NO2. The van der Waals surface area contributed by atoms with Gasteiger partial charge in [-0.05, 0) is 12.1 Å². The van der Waals surface area contributed by atoms with Crippen LogP contribution in [0.4, 0.5) is 0 Å². The molecule has 0 fully saturated rings. The number of hydrogen-bond acceptors (Lipinski definition) is 3. The Hall–Kier alpha value is -2.08. The van der Waals surface area contributed by atoms with Crippen LogP contribution in [0, 0.1) is 11.3 Å². The smallest absolute Gasteiger partial charge is 0.203 e. The first kappa shape index (κ1) is 9.01. The van der Waals surface area contributed by atoms with Crippen LogP contribution in [0.25, 0.3) is 0 Å².